The molecule has 132 valence electrons. The van der Waals surface area contributed by atoms with Crippen molar-refractivity contribution in [3.8, 4) is 11.5 Å². The molecule has 0 saturated carbocycles. The largest absolute Gasteiger partial charge is 0.504 e. The first-order valence-corrected chi connectivity index (χ1v) is 7.84. The highest BCUT2D eigenvalue weighted by Crippen LogP contribution is 2.28. The van der Waals surface area contributed by atoms with E-state index in [9.17, 15) is 19.8 Å². The van der Waals surface area contributed by atoms with Gasteiger partial charge in [0.25, 0.3) is 11.8 Å². The quantitative estimate of drug-likeness (QED) is 0.481. The van der Waals surface area contributed by atoms with Crippen LogP contribution in [0.25, 0.3) is 0 Å². The van der Waals surface area contributed by atoms with Gasteiger partial charge in [0.15, 0.2) is 11.5 Å². The van der Waals surface area contributed by atoms with E-state index in [4.69, 9.17) is 0 Å². The lowest BCUT2D eigenvalue weighted by Crippen LogP contribution is -2.45. The Morgan fingerprint density at radius 1 is 1.40 bits per heavy atom. The summed E-state index contributed by atoms with van der Waals surface area (Å²) < 4.78 is 0. The van der Waals surface area contributed by atoms with Crippen LogP contribution >= 0.6 is 0 Å². The molecule has 2 atom stereocenters. The van der Waals surface area contributed by atoms with E-state index in [2.05, 4.69) is 20.7 Å². The second-order valence-electron chi connectivity index (χ2n) is 5.86. The van der Waals surface area contributed by atoms with Gasteiger partial charge < -0.3 is 20.5 Å². The number of carbonyl (C=O) groups excluding carboxylic acids is 2. The summed E-state index contributed by atoms with van der Waals surface area (Å²) in [5, 5.41) is 23.3. The van der Waals surface area contributed by atoms with Gasteiger partial charge in [0.1, 0.15) is 6.04 Å². The Labute approximate surface area is 143 Å². The number of H-pyrrole nitrogens is 1. The number of imidazole rings is 1. The molecule has 1 aromatic carbocycles. The number of carbonyl (C=O) groups is 2. The molecule has 3 rings (SSSR count). The summed E-state index contributed by atoms with van der Waals surface area (Å²) in [4.78, 5) is 31.7. The van der Waals surface area contributed by atoms with Gasteiger partial charge in [0.2, 0.25) is 0 Å². The highest BCUT2D eigenvalue weighted by Gasteiger charge is 2.38. The van der Waals surface area contributed by atoms with E-state index in [0.29, 0.717) is 13.0 Å². The van der Waals surface area contributed by atoms with Crippen molar-refractivity contribution in [2.24, 2.45) is 0 Å². The van der Waals surface area contributed by atoms with Crippen LogP contribution in [0.3, 0.4) is 0 Å². The third-order valence-electron chi connectivity index (χ3n) is 4.10. The van der Waals surface area contributed by atoms with Crippen LogP contribution in [0, 0.1) is 0 Å². The SMILES string of the molecule is C[C@@H]1NN(CCc2cnc[nH]2)C(=O)[C@H]1NC(=O)c1cccc(O)c1O. The van der Waals surface area contributed by atoms with Crippen molar-refractivity contribution in [2.45, 2.75) is 25.4 Å². The van der Waals surface area contributed by atoms with Gasteiger partial charge in [-0.15, -0.1) is 0 Å². The predicted octanol–water partition coefficient (Wildman–Crippen LogP) is -0.103. The van der Waals surface area contributed by atoms with E-state index < -0.39 is 23.4 Å². The number of phenols is 2. The van der Waals surface area contributed by atoms with Crippen LogP contribution in [-0.2, 0) is 11.2 Å². The summed E-state index contributed by atoms with van der Waals surface area (Å²) >= 11 is 0. The van der Waals surface area contributed by atoms with E-state index >= 15 is 0 Å². The number of nitrogens with one attached hydrogen (secondary N) is 3. The highest BCUT2D eigenvalue weighted by atomic mass is 16.3. The van der Waals surface area contributed by atoms with Gasteiger partial charge in [-0.05, 0) is 19.1 Å². The number of rotatable bonds is 5. The van der Waals surface area contributed by atoms with Crippen molar-refractivity contribution in [2.75, 3.05) is 6.54 Å². The molecular formula is C16H19N5O4. The predicted molar refractivity (Wildman–Crippen MR) is 87.6 cm³/mol. The molecule has 1 aromatic heterocycles. The van der Waals surface area contributed by atoms with E-state index in [1.165, 1.54) is 23.2 Å². The number of aromatic nitrogens is 2. The molecule has 25 heavy (non-hydrogen) atoms. The second kappa shape index (κ2) is 6.81. The van der Waals surface area contributed by atoms with Crippen molar-refractivity contribution in [1.82, 2.24) is 25.7 Å². The lowest BCUT2D eigenvalue weighted by molar-refractivity contribution is -0.130. The van der Waals surface area contributed by atoms with Crippen molar-refractivity contribution >= 4 is 11.8 Å². The number of benzene rings is 1. The molecule has 0 bridgehead atoms. The van der Waals surface area contributed by atoms with Gasteiger partial charge in [-0.2, -0.15) is 0 Å². The molecule has 5 N–H and O–H groups in total. The third kappa shape index (κ3) is 3.41. The molecule has 1 aliphatic rings. The van der Waals surface area contributed by atoms with Gasteiger partial charge >= 0.3 is 0 Å². The minimum absolute atomic E-state index is 0.0871. The van der Waals surface area contributed by atoms with E-state index in [0.717, 1.165) is 5.69 Å². The van der Waals surface area contributed by atoms with Gasteiger partial charge in [-0.1, -0.05) is 6.07 Å². The summed E-state index contributed by atoms with van der Waals surface area (Å²) in [7, 11) is 0. The molecule has 0 aliphatic carbocycles. The summed E-state index contributed by atoms with van der Waals surface area (Å²) in [5.41, 5.74) is 3.84. The smallest absolute Gasteiger partial charge is 0.260 e. The van der Waals surface area contributed by atoms with E-state index in [-0.39, 0.29) is 17.5 Å². The molecule has 1 aliphatic heterocycles. The molecule has 2 heterocycles. The summed E-state index contributed by atoms with van der Waals surface area (Å²) in [6.07, 6.45) is 3.86. The normalized spacial score (nSPS) is 20.0. The summed E-state index contributed by atoms with van der Waals surface area (Å²) in [6.45, 7) is 2.20. The monoisotopic (exact) mass is 345 g/mol. The minimum Gasteiger partial charge on any atom is -0.504 e. The molecule has 9 nitrogen and oxygen atoms in total. The first-order valence-electron chi connectivity index (χ1n) is 7.84. The van der Waals surface area contributed by atoms with Crippen molar-refractivity contribution < 1.29 is 19.8 Å². The molecule has 9 heteroatoms. The average Bonchev–Trinajstić information content (AvgIpc) is 3.19. The lowest BCUT2D eigenvalue weighted by atomic mass is 10.1. The van der Waals surface area contributed by atoms with Crippen LogP contribution in [0.5, 0.6) is 11.5 Å². The standard InChI is InChI=1S/C16H19N5O4/c1-9-13(19-15(24)11-3-2-4-12(22)14(11)23)16(25)21(20-9)6-5-10-7-17-8-18-10/h2-4,7-9,13,20,22-23H,5-6H2,1H3,(H,17,18)(H,19,24)/t9-,13-/m0/s1. The lowest BCUT2D eigenvalue weighted by Gasteiger charge is -2.16. The van der Waals surface area contributed by atoms with Crippen molar-refractivity contribution in [1.29, 1.82) is 0 Å². The first-order chi connectivity index (χ1) is 12.0. The Morgan fingerprint density at radius 3 is 2.92 bits per heavy atom. The Hall–Kier alpha value is -3.07. The van der Waals surface area contributed by atoms with Crippen LogP contribution in [-0.4, -0.2) is 55.6 Å². The van der Waals surface area contributed by atoms with Crippen LogP contribution in [0.2, 0.25) is 0 Å². The van der Waals surface area contributed by atoms with E-state index in [1.807, 2.05) is 0 Å². The molecule has 0 unspecified atom stereocenters. The molecule has 2 amide bonds. The highest BCUT2D eigenvalue weighted by molar-refractivity contribution is 6.00. The number of phenolic OH excluding ortho intramolecular Hbond substituents is 2. The molecule has 1 saturated heterocycles. The Balaban J connectivity index is 1.65. The zero-order valence-electron chi connectivity index (χ0n) is 13.6. The second-order valence-corrected chi connectivity index (χ2v) is 5.86. The van der Waals surface area contributed by atoms with Crippen LogP contribution in [0.1, 0.15) is 23.0 Å². The fourth-order valence-electron chi connectivity index (χ4n) is 2.71. The maximum Gasteiger partial charge on any atom is 0.260 e. The Kier molecular flexibility index (Phi) is 4.57. The number of nitrogens with zero attached hydrogens (tertiary/aromatic N) is 2. The summed E-state index contributed by atoms with van der Waals surface area (Å²) in [6, 6.07) is 3.01. The fourth-order valence-corrected chi connectivity index (χ4v) is 2.71. The van der Waals surface area contributed by atoms with Crippen LogP contribution in [0.15, 0.2) is 30.7 Å². The Bertz CT molecular complexity index is 777. The number of aromatic hydroxyl groups is 2. The maximum atomic E-state index is 12.5. The number of hydrogen-bond donors (Lipinski definition) is 5. The van der Waals surface area contributed by atoms with Crippen LogP contribution < -0.4 is 10.7 Å². The average molecular weight is 345 g/mol. The number of hydrogen-bond acceptors (Lipinski definition) is 6. The molecule has 0 radical (unpaired) electrons. The van der Waals surface area contributed by atoms with Gasteiger partial charge in [-0.25, -0.2) is 10.4 Å². The van der Waals surface area contributed by atoms with Gasteiger partial charge in [0, 0.05) is 24.9 Å². The topological polar surface area (TPSA) is 131 Å². The maximum absolute atomic E-state index is 12.5. The number of para-hydroxylation sites is 1. The molecule has 0 spiro atoms. The number of hydrazine groups is 1. The summed E-state index contributed by atoms with van der Waals surface area (Å²) in [5.74, 6) is -1.80. The van der Waals surface area contributed by atoms with Crippen LogP contribution in [0.4, 0.5) is 0 Å². The zero-order chi connectivity index (χ0) is 18.0. The van der Waals surface area contributed by atoms with E-state index in [1.54, 1.807) is 19.4 Å². The number of aromatic amines is 1. The van der Waals surface area contributed by atoms with Gasteiger partial charge in [0.05, 0.1) is 17.9 Å². The van der Waals surface area contributed by atoms with Crippen molar-refractivity contribution in [3.63, 3.8) is 0 Å². The third-order valence-corrected chi connectivity index (χ3v) is 4.10. The van der Waals surface area contributed by atoms with Gasteiger partial charge in [-0.3, -0.25) is 14.6 Å². The minimum atomic E-state index is -0.768. The first kappa shape index (κ1) is 16.8. The fraction of sp³-hybridized carbons (Fsp3) is 0.312. The molecular weight excluding hydrogens is 326 g/mol. The Morgan fingerprint density at radius 2 is 2.20 bits per heavy atom. The van der Waals surface area contributed by atoms with Crippen molar-refractivity contribution in [3.05, 3.63) is 42.0 Å². The number of amides is 2. The zero-order valence-corrected chi connectivity index (χ0v) is 13.6. The molecule has 1 fully saturated rings. The molecule has 2 aromatic rings.